The molecule has 2 aliphatic rings. The number of aliphatic carboxylic acids is 1. The van der Waals surface area contributed by atoms with Crippen LogP contribution in [0.25, 0.3) is 11.1 Å². The van der Waals surface area contributed by atoms with Crippen LogP contribution in [0.3, 0.4) is 0 Å². The van der Waals surface area contributed by atoms with Crippen LogP contribution in [0.15, 0.2) is 48.5 Å². The van der Waals surface area contributed by atoms with Gasteiger partial charge in [0.25, 0.3) is 0 Å². The Kier molecular flexibility index (Phi) is 6.40. The number of benzene rings is 2. The maximum Gasteiger partial charge on any atom is 0.407 e. The molecule has 2 aromatic carbocycles. The van der Waals surface area contributed by atoms with Crippen LogP contribution in [0.4, 0.5) is 4.79 Å². The largest absolute Gasteiger partial charge is 0.480 e. The highest BCUT2D eigenvalue weighted by Crippen LogP contribution is 2.44. The monoisotopic (exact) mass is 450 g/mol. The highest BCUT2D eigenvalue weighted by Gasteiger charge is 2.44. The van der Waals surface area contributed by atoms with E-state index in [0.29, 0.717) is 12.8 Å². The first-order chi connectivity index (χ1) is 15.8. The Morgan fingerprint density at radius 2 is 1.55 bits per heavy atom. The van der Waals surface area contributed by atoms with Crippen LogP contribution in [0.5, 0.6) is 0 Å². The van der Waals surface area contributed by atoms with Crippen molar-refractivity contribution in [1.29, 1.82) is 0 Å². The van der Waals surface area contributed by atoms with Gasteiger partial charge in [-0.25, -0.2) is 9.59 Å². The lowest BCUT2D eigenvalue weighted by Gasteiger charge is -2.29. The summed E-state index contributed by atoms with van der Waals surface area (Å²) in [7, 11) is 0. The predicted octanol–water partition coefficient (Wildman–Crippen LogP) is 4.06. The van der Waals surface area contributed by atoms with Crippen molar-refractivity contribution < 1.29 is 24.2 Å². The molecule has 4 rings (SSSR count). The molecule has 0 aliphatic heterocycles. The van der Waals surface area contributed by atoms with Crippen LogP contribution in [0, 0.1) is 5.92 Å². The molecule has 33 heavy (non-hydrogen) atoms. The Balaban J connectivity index is 1.42. The van der Waals surface area contributed by atoms with Crippen molar-refractivity contribution in [2.24, 2.45) is 5.92 Å². The molecule has 2 amide bonds. The van der Waals surface area contributed by atoms with Gasteiger partial charge in [0.05, 0.1) is 0 Å². The number of alkyl carbamates (subject to hydrolysis) is 1. The van der Waals surface area contributed by atoms with E-state index in [0.717, 1.165) is 35.1 Å². The van der Waals surface area contributed by atoms with Crippen LogP contribution < -0.4 is 10.6 Å². The fraction of sp³-hybridized carbons (Fsp3) is 0.423. The molecule has 1 atom stereocenters. The lowest BCUT2D eigenvalue weighted by Crippen LogP contribution is -2.59. The molecule has 0 heterocycles. The van der Waals surface area contributed by atoms with Gasteiger partial charge in [0.2, 0.25) is 5.91 Å². The SMILES string of the molecule is CC(C)[C@H](NC(=O)OCC1c2ccccc2-c2ccccc21)C(=O)NC1(C(=O)O)CCCC1. The zero-order valence-corrected chi connectivity index (χ0v) is 19.0. The third-order valence-corrected chi connectivity index (χ3v) is 6.80. The van der Waals surface area contributed by atoms with Crippen LogP contribution >= 0.6 is 0 Å². The lowest BCUT2D eigenvalue weighted by molar-refractivity contribution is -0.147. The van der Waals surface area contributed by atoms with Gasteiger partial charge in [0.1, 0.15) is 18.2 Å². The molecular formula is C26H30N2O5. The number of amides is 2. The molecular weight excluding hydrogens is 420 g/mol. The number of ether oxygens (including phenoxy) is 1. The van der Waals surface area contributed by atoms with Crippen molar-refractivity contribution in [3.8, 4) is 11.1 Å². The van der Waals surface area contributed by atoms with Crippen molar-refractivity contribution in [3.63, 3.8) is 0 Å². The molecule has 1 saturated carbocycles. The maximum atomic E-state index is 12.9. The first kappa shape index (κ1) is 22.8. The van der Waals surface area contributed by atoms with E-state index in [1.807, 2.05) is 36.4 Å². The first-order valence-corrected chi connectivity index (χ1v) is 11.5. The van der Waals surface area contributed by atoms with E-state index in [1.54, 1.807) is 13.8 Å². The molecule has 0 bridgehead atoms. The molecule has 0 spiro atoms. The molecule has 174 valence electrons. The molecule has 0 radical (unpaired) electrons. The Morgan fingerprint density at radius 3 is 2.06 bits per heavy atom. The van der Waals surface area contributed by atoms with Crippen LogP contribution in [0.1, 0.15) is 56.6 Å². The van der Waals surface area contributed by atoms with Gasteiger partial charge in [-0.1, -0.05) is 75.2 Å². The number of hydrogen-bond donors (Lipinski definition) is 3. The maximum absolute atomic E-state index is 12.9. The third-order valence-electron chi connectivity index (χ3n) is 6.80. The minimum Gasteiger partial charge on any atom is -0.480 e. The van der Waals surface area contributed by atoms with E-state index in [-0.39, 0.29) is 18.4 Å². The number of rotatable bonds is 7. The van der Waals surface area contributed by atoms with Crippen LogP contribution in [-0.4, -0.2) is 41.3 Å². The molecule has 0 unspecified atom stereocenters. The van der Waals surface area contributed by atoms with E-state index in [9.17, 15) is 19.5 Å². The second kappa shape index (κ2) is 9.25. The van der Waals surface area contributed by atoms with E-state index in [2.05, 4.69) is 22.8 Å². The Bertz CT molecular complexity index is 1010. The number of carboxylic acid groups (broad SMARTS) is 1. The van der Waals surface area contributed by atoms with Gasteiger partial charge in [0, 0.05) is 5.92 Å². The van der Waals surface area contributed by atoms with Gasteiger partial charge in [-0.15, -0.1) is 0 Å². The predicted molar refractivity (Wildman–Crippen MR) is 124 cm³/mol. The Morgan fingerprint density at radius 1 is 1.00 bits per heavy atom. The minimum atomic E-state index is -1.26. The van der Waals surface area contributed by atoms with Crippen molar-refractivity contribution in [1.82, 2.24) is 10.6 Å². The standard InChI is InChI=1S/C26H30N2O5/c1-16(2)22(23(29)28-26(24(30)31)13-7-8-14-26)27-25(32)33-15-21-19-11-5-3-9-17(19)18-10-4-6-12-20(18)21/h3-6,9-12,16,21-22H,7-8,13-15H2,1-2H3,(H,27,32)(H,28,29)(H,30,31)/t22-/m0/s1. The third kappa shape index (κ3) is 4.45. The average molecular weight is 451 g/mol. The molecule has 0 aromatic heterocycles. The fourth-order valence-electron chi connectivity index (χ4n) is 4.99. The van der Waals surface area contributed by atoms with Crippen molar-refractivity contribution in [2.75, 3.05) is 6.61 Å². The summed E-state index contributed by atoms with van der Waals surface area (Å²) in [5.41, 5.74) is 3.23. The highest BCUT2D eigenvalue weighted by molar-refractivity contribution is 5.91. The molecule has 7 nitrogen and oxygen atoms in total. The molecule has 2 aliphatic carbocycles. The van der Waals surface area contributed by atoms with E-state index in [1.165, 1.54) is 0 Å². The number of carbonyl (C=O) groups excluding carboxylic acids is 2. The smallest absolute Gasteiger partial charge is 0.407 e. The fourth-order valence-corrected chi connectivity index (χ4v) is 4.99. The number of fused-ring (bicyclic) bond motifs is 3. The van der Waals surface area contributed by atoms with Gasteiger partial charge in [0.15, 0.2) is 0 Å². The summed E-state index contributed by atoms with van der Waals surface area (Å²) in [6.45, 7) is 3.75. The van der Waals surface area contributed by atoms with E-state index >= 15 is 0 Å². The highest BCUT2D eigenvalue weighted by atomic mass is 16.5. The van der Waals surface area contributed by atoms with Gasteiger partial charge in [-0.05, 0) is 41.0 Å². The number of carbonyl (C=O) groups is 3. The lowest BCUT2D eigenvalue weighted by atomic mass is 9.95. The second-order valence-corrected chi connectivity index (χ2v) is 9.28. The topological polar surface area (TPSA) is 105 Å². The quantitative estimate of drug-likeness (QED) is 0.590. The summed E-state index contributed by atoms with van der Waals surface area (Å²) in [6, 6.07) is 15.2. The molecule has 7 heteroatoms. The molecule has 3 N–H and O–H groups in total. The summed E-state index contributed by atoms with van der Waals surface area (Å²) in [4.78, 5) is 37.4. The average Bonchev–Trinajstić information content (AvgIpc) is 3.39. The van der Waals surface area contributed by atoms with E-state index in [4.69, 9.17) is 4.74 Å². The normalized spacial score (nSPS) is 17.2. The summed E-state index contributed by atoms with van der Waals surface area (Å²) in [6.07, 6.45) is 1.59. The first-order valence-electron chi connectivity index (χ1n) is 11.5. The summed E-state index contributed by atoms with van der Waals surface area (Å²) in [5, 5.41) is 15.0. The van der Waals surface area contributed by atoms with Gasteiger partial charge < -0.3 is 20.5 Å². The van der Waals surface area contributed by atoms with Crippen molar-refractivity contribution >= 4 is 18.0 Å². The summed E-state index contributed by atoms with van der Waals surface area (Å²) >= 11 is 0. The number of hydrogen-bond acceptors (Lipinski definition) is 4. The van der Waals surface area contributed by atoms with Crippen molar-refractivity contribution in [3.05, 3.63) is 59.7 Å². The Hall–Kier alpha value is -3.35. The van der Waals surface area contributed by atoms with Gasteiger partial charge >= 0.3 is 12.1 Å². The van der Waals surface area contributed by atoms with Gasteiger partial charge in [-0.3, -0.25) is 4.79 Å². The van der Waals surface area contributed by atoms with Gasteiger partial charge in [-0.2, -0.15) is 0 Å². The second-order valence-electron chi connectivity index (χ2n) is 9.28. The molecule has 1 fully saturated rings. The van der Waals surface area contributed by atoms with Crippen molar-refractivity contribution in [2.45, 2.75) is 57.0 Å². The number of nitrogens with one attached hydrogen (secondary N) is 2. The van der Waals surface area contributed by atoms with Crippen LogP contribution in [0.2, 0.25) is 0 Å². The number of carboxylic acids is 1. The zero-order chi connectivity index (χ0) is 23.6. The molecule has 2 aromatic rings. The summed E-state index contributed by atoms with van der Waals surface area (Å²) in [5.74, 6) is -1.85. The van der Waals surface area contributed by atoms with E-state index < -0.39 is 29.6 Å². The van der Waals surface area contributed by atoms with Crippen LogP contribution in [-0.2, 0) is 14.3 Å². The zero-order valence-electron chi connectivity index (χ0n) is 19.0. The Labute approximate surface area is 193 Å². The molecule has 0 saturated heterocycles. The summed E-state index contributed by atoms with van der Waals surface area (Å²) < 4.78 is 5.57. The minimum absolute atomic E-state index is 0.0803.